The van der Waals surface area contributed by atoms with Crippen LogP contribution in [0.3, 0.4) is 0 Å². The Balaban J connectivity index is 4.48. The predicted molar refractivity (Wildman–Crippen MR) is 242 cm³/mol. The van der Waals surface area contributed by atoms with Crippen LogP contribution >= 0.6 is 0 Å². The number of unbranched alkanes of at least 4 members (excludes halogenated alkanes) is 17. The zero-order valence-corrected chi connectivity index (χ0v) is 36.6. The molecule has 0 aromatic heterocycles. The Morgan fingerprint density at radius 3 is 1.09 bits per heavy atom. The van der Waals surface area contributed by atoms with E-state index in [9.17, 15) is 14.4 Å². The van der Waals surface area contributed by atoms with Gasteiger partial charge in [0.05, 0.1) is 0 Å². The first-order valence-electron chi connectivity index (χ1n) is 22.8. The number of carbonyl (C=O) groups is 3. The van der Waals surface area contributed by atoms with E-state index >= 15 is 0 Å². The van der Waals surface area contributed by atoms with Crippen LogP contribution in [-0.4, -0.2) is 37.2 Å². The summed E-state index contributed by atoms with van der Waals surface area (Å²) in [5.74, 6) is -0.974. The number of rotatable bonds is 39. The summed E-state index contributed by atoms with van der Waals surface area (Å²) in [7, 11) is 0. The molecule has 0 aliphatic heterocycles. The molecule has 0 aliphatic carbocycles. The zero-order chi connectivity index (χ0) is 41.5. The van der Waals surface area contributed by atoms with E-state index in [1.54, 1.807) is 0 Å². The van der Waals surface area contributed by atoms with Crippen LogP contribution in [0, 0.1) is 0 Å². The van der Waals surface area contributed by atoms with Gasteiger partial charge in [-0.2, -0.15) is 0 Å². The van der Waals surface area contributed by atoms with E-state index in [2.05, 4.69) is 112 Å². The first-order valence-corrected chi connectivity index (χ1v) is 22.8. The van der Waals surface area contributed by atoms with Gasteiger partial charge in [0.25, 0.3) is 0 Å². The van der Waals surface area contributed by atoms with E-state index in [1.807, 2.05) is 6.08 Å². The van der Waals surface area contributed by atoms with E-state index < -0.39 is 6.10 Å². The summed E-state index contributed by atoms with van der Waals surface area (Å²) in [5, 5.41) is 0. The van der Waals surface area contributed by atoms with Gasteiger partial charge in [-0.25, -0.2) is 0 Å². The fourth-order valence-electron chi connectivity index (χ4n) is 5.77. The molecule has 0 aliphatic rings. The van der Waals surface area contributed by atoms with Crippen molar-refractivity contribution < 1.29 is 28.6 Å². The van der Waals surface area contributed by atoms with Crippen molar-refractivity contribution in [3.8, 4) is 0 Å². The Morgan fingerprint density at radius 2 is 0.684 bits per heavy atom. The summed E-state index contributed by atoms with van der Waals surface area (Å²) in [4.78, 5) is 37.8. The lowest BCUT2D eigenvalue weighted by Crippen LogP contribution is -2.30. The van der Waals surface area contributed by atoms with Crippen molar-refractivity contribution in [1.82, 2.24) is 0 Å². The molecule has 0 saturated carbocycles. The number of ether oxygens (including phenoxy) is 3. The molecule has 0 N–H and O–H groups in total. The van der Waals surface area contributed by atoms with E-state index in [1.165, 1.54) is 38.5 Å². The number of esters is 3. The minimum Gasteiger partial charge on any atom is -0.462 e. The average Bonchev–Trinajstić information content (AvgIpc) is 3.21. The van der Waals surface area contributed by atoms with Crippen molar-refractivity contribution in [2.45, 2.75) is 194 Å². The summed E-state index contributed by atoms with van der Waals surface area (Å²) in [5.41, 5.74) is 0. The molecule has 0 heterocycles. The summed E-state index contributed by atoms with van der Waals surface area (Å²) in [6.07, 6.45) is 58.2. The highest BCUT2D eigenvalue weighted by atomic mass is 16.6. The monoisotopic (exact) mass is 791 g/mol. The predicted octanol–water partition coefficient (Wildman–Crippen LogP) is 14.6. The summed E-state index contributed by atoms with van der Waals surface area (Å²) >= 11 is 0. The number of hydrogen-bond donors (Lipinski definition) is 0. The van der Waals surface area contributed by atoms with Crippen molar-refractivity contribution in [2.75, 3.05) is 13.2 Å². The second kappa shape index (κ2) is 45.0. The van der Waals surface area contributed by atoms with Crippen molar-refractivity contribution in [1.29, 1.82) is 0 Å². The molecular weight excluding hydrogens is 709 g/mol. The van der Waals surface area contributed by atoms with Gasteiger partial charge in [0.1, 0.15) is 13.2 Å². The van der Waals surface area contributed by atoms with Crippen molar-refractivity contribution in [2.24, 2.45) is 0 Å². The van der Waals surface area contributed by atoms with E-state index in [4.69, 9.17) is 14.2 Å². The summed E-state index contributed by atoms with van der Waals surface area (Å²) in [6, 6.07) is 0. The molecule has 1 atom stereocenters. The van der Waals surface area contributed by atoms with Crippen LogP contribution in [-0.2, 0) is 28.6 Å². The Labute approximate surface area is 349 Å². The molecule has 0 radical (unpaired) electrons. The Hall–Kier alpha value is -3.67. The minimum absolute atomic E-state index is 0.103. The lowest BCUT2D eigenvalue weighted by atomic mass is 10.1. The third-order valence-corrected chi connectivity index (χ3v) is 9.20. The van der Waals surface area contributed by atoms with Gasteiger partial charge in [0.2, 0.25) is 0 Å². The lowest BCUT2D eigenvalue weighted by molar-refractivity contribution is -0.167. The number of hydrogen-bond acceptors (Lipinski definition) is 6. The minimum atomic E-state index is -0.803. The van der Waals surface area contributed by atoms with Gasteiger partial charge in [0, 0.05) is 19.3 Å². The SMILES string of the molecule is CC\C=C/C=C\C=C/CCCCCCCCCC(=O)OCC(COC(=O)CCCCC/C=C\C=C/CCCC)OC(=O)CCCCCCC\C=C/C=C\C=C/CC. The molecule has 322 valence electrons. The largest absolute Gasteiger partial charge is 0.462 e. The maximum Gasteiger partial charge on any atom is 0.306 e. The second-order valence-electron chi connectivity index (χ2n) is 14.7. The molecular formula is C51H82O6. The molecule has 6 nitrogen and oxygen atoms in total. The van der Waals surface area contributed by atoms with Crippen LogP contribution in [0.5, 0.6) is 0 Å². The third-order valence-electron chi connectivity index (χ3n) is 9.20. The number of carbonyl (C=O) groups excluding carboxylic acids is 3. The molecule has 0 bridgehead atoms. The standard InChI is InChI=1S/C51H82O6/c1-4-7-10-13-16-19-22-24-25-27-29-32-35-38-41-44-50(53)56-47-48(46-55-49(52)43-40-37-34-31-28-21-18-15-12-9-6-3)57-51(54)45-42-39-36-33-30-26-23-20-17-14-11-8-5-2/h7-8,10-11,13-23,28,48H,4-6,9,12,24-27,29-47H2,1-3H3/b10-7-,11-8-,16-13-,17-14-,18-15-,22-19-,23-20-,28-21-. The highest BCUT2D eigenvalue weighted by molar-refractivity contribution is 5.71. The summed E-state index contributed by atoms with van der Waals surface area (Å²) < 4.78 is 16.7. The fourth-order valence-corrected chi connectivity index (χ4v) is 5.77. The summed E-state index contributed by atoms with van der Waals surface area (Å²) in [6.45, 7) is 6.24. The molecule has 57 heavy (non-hydrogen) atoms. The maximum atomic E-state index is 12.7. The Kier molecular flexibility index (Phi) is 42.1. The molecule has 0 saturated heterocycles. The van der Waals surface area contributed by atoms with Gasteiger partial charge in [-0.1, -0.05) is 189 Å². The van der Waals surface area contributed by atoms with E-state index in [0.717, 1.165) is 109 Å². The van der Waals surface area contributed by atoms with Crippen molar-refractivity contribution >= 4 is 17.9 Å². The van der Waals surface area contributed by atoms with Crippen LogP contribution in [0.1, 0.15) is 188 Å². The van der Waals surface area contributed by atoms with Crippen LogP contribution in [0.25, 0.3) is 0 Å². The molecule has 0 aromatic rings. The first kappa shape index (κ1) is 53.3. The van der Waals surface area contributed by atoms with Gasteiger partial charge in [0.15, 0.2) is 6.10 Å². The fraction of sp³-hybridized carbons (Fsp3) is 0.627. The van der Waals surface area contributed by atoms with Crippen LogP contribution in [0.15, 0.2) is 97.2 Å². The molecule has 0 rings (SSSR count). The average molecular weight is 791 g/mol. The van der Waals surface area contributed by atoms with Crippen LogP contribution < -0.4 is 0 Å². The van der Waals surface area contributed by atoms with Crippen LogP contribution in [0.4, 0.5) is 0 Å². The Bertz CT molecular complexity index is 1180. The zero-order valence-electron chi connectivity index (χ0n) is 36.6. The van der Waals surface area contributed by atoms with Crippen molar-refractivity contribution in [3.05, 3.63) is 97.2 Å². The smallest absolute Gasteiger partial charge is 0.306 e. The Morgan fingerprint density at radius 1 is 0.368 bits per heavy atom. The molecule has 0 aromatic carbocycles. The maximum absolute atomic E-state index is 12.7. The topological polar surface area (TPSA) is 78.9 Å². The molecule has 0 spiro atoms. The molecule has 1 unspecified atom stereocenters. The third kappa shape index (κ3) is 43.3. The van der Waals surface area contributed by atoms with E-state index in [-0.39, 0.29) is 31.1 Å². The molecule has 0 amide bonds. The first-order chi connectivity index (χ1) is 28.0. The van der Waals surface area contributed by atoms with E-state index in [0.29, 0.717) is 19.3 Å². The van der Waals surface area contributed by atoms with Gasteiger partial charge in [-0.15, -0.1) is 0 Å². The van der Waals surface area contributed by atoms with Crippen molar-refractivity contribution in [3.63, 3.8) is 0 Å². The number of allylic oxidation sites excluding steroid dienone is 16. The highest BCUT2D eigenvalue weighted by Gasteiger charge is 2.19. The quantitative estimate of drug-likeness (QED) is 0.0267. The van der Waals surface area contributed by atoms with Gasteiger partial charge >= 0.3 is 17.9 Å². The highest BCUT2D eigenvalue weighted by Crippen LogP contribution is 2.13. The van der Waals surface area contributed by atoms with Gasteiger partial charge in [-0.05, 0) is 77.0 Å². The lowest BCUT2D eigenvalue weighted by Gasteiger charge is -2.18. The molecule has 6 heteroatoms. The normalized spacial score (nSPS) is 13.0. The second-order valence-corrected chi connectivity index (χ2v) is 14.7. The van der Waals surface area contributed by atoms with Gasteiger partial charge in [-0.3, -0.25) is 14.4 Å². The molecule has 0 fully saturated rings. The van der Waals surface area contributed by atoms with Gasteiger partial charge < -0.3 is 14.2 Å². The van der Waals surface area contributed by atoms with Crippen LogP contribution in [0.2, 0.25) is 0 Å².